The third-order valence-corrected chi connectivity index (χ3v) is 2.31. The van der Waals surface area contributed by atoms with Gasteiger partial charge in [-0.2, -0.15) is 0 Å². The summed E-state index contributed by atoms with van der Waals surface area (Å²) < 4.78 is 5.00. The van der Waals surface area contributed by atoms with Crippen molar-refractivity contribution in [2.75, 3.05) is 18.5 Å². The van der Waals surface area contributed by atoms with E-state index in [0.717, 1.165) is 0 Å². The molecule has 1 aliphatic heterocycles. The van der Waals surface area contributed by atoms with Crippen LogP contribution in [0.2, 0.25) is 10.3 Å². The molecule has 2 heterocycles. The van der Waals surface area contributed by atoms with E-state index in [1.165, 1.54) is 6.33 Å². The fourth-order valence-electron chi connectivity index (χ4n) is 0.987. The van der Waals surface area contributed by atoms with Crippen LogP contribution in [0.25, 0.3) is 0 Å². The second-order valence-corrected chi connectivity index (χ2v) is 3.43. The summed E-state index contributed by atoms with van der Waals surface area (Å²) in [6.07, 6.45) is 1.33. The minimum Gasteiger partial charge on any atom is -0.377 e. The maximum absolute atomic E-state index is 5.82. The number of anilines is 1. The van der Waals surface area contributed by atoms with Crippen LogP contribution in [-0.2, 0) is 4.74 Å². The van der Waals surface area contributed by atoms with Crippen molar-refractivity contribution in [1.29, 1.82) is 0 Å². The quantitative estimate of drug-likeness (QED) is 0.769. The average Bonchev–Trinajstić information content (AvgIpc) is 2.00. The Morgan fingerprint density at radius 1 is 1.31 bits per heavy atom. The predicted molar refractivity (Wildman–Crippen MR) is 50.3 cm³/mol. The average molecular weight is 220 g/mol. The largest absolute Gasteiger partial charge is 0.377 e. The van der Waals surface area contributed by atoms with Crippen LogP contribution in [0.1, 0.15) is 0 Å². The SMILES string of the molecule is Clc1ncnc(Cl)c1NC1COC1. The molecule has 4 nitrogen and oxygen atoms in total. The summed E-state index contributed by atoms with van der Waals surface area (Å²) in [6.45, 7) is 1.34. The van der Waals surface area contributed by atoms with Crippen LogP contribution >= 0.6 is 23.2 Å². The zero-order valence-corrected chi connectivity index (χ0v) is 8.14. The lowest BCUT2D eigenvalue weighted by Crippen LogP contribution is -2.40. The molecule has 13 heavy (non-hydrogen) atoms. The molecule has 0 aliphatic carbocycles. The summed E-state index contributed by atoms with van der Waals surface area (Å²) in [4.78, 5) is 7.64. The molecular formula is C7H7Cl2N3O. The minimum absolute atomic E-state index is 0.265. The van der Waals surface area contributed by atoms with E-state index in [1.807, 2.05) is 0 Å². The zero-order valence-electron chi connectivity index (χ0n) is 6.63. The van der Waals surface area contributed by atoms with Crippen molar-refractivity contribution in [2.24, 2.45) is 0 Å². The molecule has 1 N–H and O–H groups in total. The van der Waals surface area contributed by atoms with Gasteiger partial charge in [-0.05, 0) is 0 Å². The first-order valence-corrected chi connectivity index (χ1v) is 4.53. The van der Waals surface area contributed by atoms with Crippen molar-refractivity contribution in [2.45, 2.75) is 6.04 Å². The summed E-state index contributed by atoms with van der Waals surface area (Å²) in [5, 5.41) is 3.78. The van der Waals surface area contributed by atoms with Crippen LogP contribution in [0.5, 0.6) is 0 Å². The van der Waals surface area contributed by atoms with Crippen molar-refractivity contribution in [3.05, 3.63) is 16.6 Å². The Morgan fingerprint density at radius 3 is 2.38 bits per heavy atom. The van der Waals surface area contributed by atoms with Crippen LogP contribution in [0.4, 0.5) is 5.69 Å². The number of nitrogens with zero attached hydrogens (tertiary/aromatic N) is 2. The molecule has 1 aromatic heterocycles. The smallest absolute Gasteiger partial charge is 0.157 e. The van der Waals surface area contributed by atoms with Crippen LogP contribution in [-0.4, -0.2) is 29.2 Å². The number of hydrogen-bond acceptors (Lipinski definition) is 4. The van der Waals surface area contributed by atoms with Gasteiger partial charge < -0.3 is 10.1 Å². The molecule has 1 aromatic rings. The highest BCUT2D eigenvalue weighted by molar-refractivity contribution is 6.37. The van der Waals surface area contributed by atoms with Gasteiger partial charge in [0.2, 0.25) is 0 Å². The van der Waals surface area contributed by atoms with E-state index in [9.17, 15) is 0 Å². The fourth-order valence-corrected chi connectivity index (χ4v) is 1.41. The normalized spacial score (nSPS) is 16.8. The molecule has 0 atom stereocenters. The number of hydrogen-bond donors (Lipinski definition) is 1. The van der Waals surface area contributed by atoms with E-state index in [0.29, 0.717) is 29.2 Å². The molecule has 1 saturated heterocycles. The van der Waals surface area contributed by atoms with Crippen LogP contribution < -0.4 is 5.32 Å². The summed E-state index contributed by atoms with van der Waals surface area (Å²) >= 11 is 11.6. The van der Waals surface area contributed by atoms with E-state index in [-0.39, 0.29) is 6.04 Å². The molecule has 0 amide bonds. The van der Waals surface area contributed by atoms with Crippen LogP contribution in [0.15, 0.2) is 6.33 Å². The molecule has 2 rings (SSSR count). The Balaban J connectivity index is 2.17. The summed E-state index contributed by atoms with van der Waals surface area (Å²) in [7, 11) is 0. The van der Waals surface area contributed by atoms with Gasteiger partial charge in [0, 0.05) is 0 Å². The number of rotatable bonds is 2. The van der Waals surface area contributed by atoms with Crippen LogP contribution in [0.3, 0.4) is 0 Å². The molecule has 0 aromatic carbocycles. The van der Waals surface area contributed by atoms with Crippen molar-refractivity contribution in [3.63, 3.8) is 0 Å². The molecule has 1 fully saturated rings. The van der Waals surface area contributed by atoms with Crippen molar-refractivity contribution < 1.29 is 4.74 Å². The fraction of sp³-hybridized carbons (Fsp3) is 0.429. The highest BCUT2D eigenvalue weighted by Crippen LogP contribution is 2.27. The lowest BCUT2D eigenvalue weighted by atomic mass is 10.2. The maximum atomic E-state index is 5.82. The molecule has 70 valence electrons. The van der Waals surface area contributed by atoms with Crippen molar-refractivity contribution >= 4 is 28.9 Å². The second-order valence-electron chi connectivity index (χ2n) is 2.71. The third-order valence-electron chi connectivity index (χ3n) is 1.74. The molecule has 6 heteroatoms. The Kier molecular flexibility index (Phi) is 2.53. The zero-order chi connectivity index (χ0) is 9.26. The number of nitrogens with one attached hydrogen (secondary N) is 1. The van der Waals surface area contributed by atoms with E-state index >= 15 is 0 Å². The summed E-state index contributed by atoms with van der Waals surface area (Å²) in [5.41, 5.74) is 0.583. The van der Waals surface area contributed by atoms with Gasteiger partial charge in [-0.1, -0.05) is 23.2 Å². The van der Waals surface area contributed by atoms with E-state index in [1.54, 1.807) is 0 Å². The topological polar surface area (TPSA) is 47.0 Å². The number of ether oxygens (including phenoxy) is 1. The number of halogens is 2. The first-order valence-electron chi connectivity index (χ1n) is 3.77. The third kappa shape index (κ3) is 1.85. The Bertz CT molecular complexity index is 296. The highest BCUT2D eigenvalue weighted by atomic mass is 35.5. The molecule has 0 spiro atoms. The molecular weight excluding hydrogens is 213 g/mol. The Labute approximate surface area is 85.2 Å². The summed E-state index contributed by atoms with van der Waals surface area (Å²) in [6, 6.07) is 0.265. The maximum Gasteiger partial charge on any atom is 0.157 e. The second kappa shape index (κ2) is 3.65. The van der Waals surface area contributed by atoms with Crippen LogP contribution in [0, 0.1) is 0 Å². The van der Waals surface area contributed by atoms with E-state index in [4.69, 9.17) is 27.9 Å². The Morgan fingerprint density at radius 2 is 1.92 bits per heavy atom. The van der Waals surface area contributed by atoms with Gasteiger partial charge in [0.15, 0.2) is 10.3 Å². The lowest BCUT2D eigenvalue weighted by molar-refractivity contribution is 0.0211. The molecule has 0 saturated carbocycles. The standard InChI is InChI=1S/C7H7Cl2N3O/c8-6-5(7(9)11-3-10-6)12-4-1-13-2-4/h3-4,12H,1-2H2. The molecule has 0 radical (unpaired) electrons. The number of aromatic nitrogens is 2. The summed E-state index contributed by atoms with van der Waals surface area (Å²) in [5.74, 6) is 0. The van der Waals surface area contributed by atoms with Crippen molar-refractivity contribution in [3.8, 4) is 0 Å². The van der Waals surface area contributed by atoms with E-state index in [2.05, 4.69) is 15.3 Å². The Hall–Kier alpha value is -0.580. The first-order chi connectivity index (χ1) is 6.27. The monoisotopic (exact) mass is 219 g/mol. The van der Waals surface area contributed by atoms with Gasteiger partial charge in [0.05, 0.1) is 19.3 Å². The van der Waals surface area contributed by atoms with Gasteiger partial charge >= 0.3 is 0 Å². The minimum atomic E-state index is 0.265. The molecule has 1 aliphatic rings. The van der Waals surface area contributed by atoms with Gasteiger partial charge in [-0.3, -0.25) is 0 Å². The molecule has 0 bridgehead atoms. The van der Waals surface area contributed by atoms with Gasteiger partial charge in [-0.25, -0.2) is 9.97 Å². The van der Waals surface area contributed by atoms with Gasteiger partial charge in [0.1, 0.15) is 12.0 Å². The van der Waals surface area contributed by atoms with E-state index < -0.39 is 0 Å². The first kappa shape index (κ1) is 8.99. The predicted octanol–water partition coefficient (Wildman–Crippen LogP) is 1.59. The molecule has 0 unspecified atom stereocenters. The van der Waals surface area contributed by atoms with Crippen molar-refractivity contribution in [1.82, 2.24) is 9.97 Å². The lowest BCUT2D eigenvalue weighted by Gasteiger charge is -2.28. The highest BCUT2D eigenvalue weighted by Gasteiger charge is 2.20. The van der Waals surface area contributed by atoms with Gasteiger partial charge in [0.25, 0.3) is 0 Å². The van der Waals surface area contributed by atoms with Gasteiger partial charge in [-0.15, -0.1) is 0 Å².